The molecule has 0 amide bonds. The molecule has 0 atom stereocenters. The van der Waals surface area contributed by atoms with Gasteiger partial charge in [0.25, 0.3) is 6.01 Å². The van der Waals surface area contributed by atoms with Crippen molar-refractivity contribution in [1.82, 2.24) is 4.98 Å². The molecule has 1 aliphatic rings. The van der Waals surface area contributed by atoms with Crippen LogP contribution in [-0.4, -0.2) is 43.3 Å². The van der Waals surface area contributed by atoms with Crippen LogP contribution in [0, 0.1) is 5.92 Å². The lowest BCUT2D eigenvalue weighted by Gasteiger charge is -2.28. The topological polar surface area (TPSA) is 101 Å². The highest BCUT2D eigenvalue weighted by Crippen LogP contribution is 2.28. The Morgan fingerprint density at radius 2 is 1.74 bits per heavy atom. The van der Waals surface area contributed by atoms with Crippen molar-refractivity contribution in [3.63, 3.8) is 0 Å². The Hall–Kier alpha value is -2.87. The third-order valence-electron chi connectivity index (χ3n) is 6.55. The predicted octanol–water partition coefficient (Wildman–Crippen LogP) is 5.56. The lowest BCUT2D eigenvalue weighted by molar-refractivity contribution is 0.0692. The molecule has 0 saturated heterocycles. The van der Waals surface area contributed by atoms with E-state index in [1.54, 1.807) is 6.07 Å². The van der Waals surface area contributed by atoms with Crippen LogP contribution in [0.1, 0.15) is 61.7 Å². The molecule has 0 unspecified atom stereocenters. The van der Waals surface area contributed by atoms with Gasteiger partial charge < -0.3 is 14.4 Å². The minimum atomic E-state index is -3.65. The average molecular weight is 485 g/mol. The van der Waals surface area contributed by atoms with Crippen molar-refractivity contribution in [2.45, 2.75) is 56.3 Å². The SMILES string of the molecule is O=C(O)c1ccccc1S(=O)(=O)CCCCCN(CC1CCCCC1)c1nc2ccccc2o1. The number of anilines is 1. The molecule has 1 aromatic heterocycles. The molecule has 1 saturated carbocycles. The van der Waals surface area contributed by atoms with Gasteiger partial charge >= 0.3 is 5.97 Å². The summed E-state index contributed by atoms with van der Waals surface area (Å²) >= 11 is 0. The fraction of sp³-hybridized carbons (Fsp3) is 0.462. The van der Waals surface area contributed by atoms with Crippen molar-refractivity contribution >= 4 is 32.9 Å². The summed E-state index contributed by atoms with van der Waals surface area (Å²) in [6, 6.07) is 14.2. The number of carboxylic acid groups (broad SMARTS) is 1. The number of sulfone groups is 1. The van der Waals surface area contributed by atoms with Crippen molar-refractivity contribution in [3.8, 4) is 0 Å². The van der Waals surface area contributed by atoms with Crippen molar-refractivity contribution in [2.75, 3.05) is 23.7 Å². The molecule has 1 fully saturated rings. The molecule has 0 spiro atoms. The first-order chi connectivity index (χ1) is 16.4. The van der Waals surface area contributed by atoms with E-state index in [0.29, 0.717) is 18.4 Å². The number of aromatic nitrogens is 1. The van der Waals surface area contributed by atoms with E-state index in [0.717, 1.165) is 37.0 Å². The van der Waals surface area contributed by atoms with Crippen LogP contribution < -0.4 is 4.90 Å². The highest BCUT2D eigenvalue weighted by molar-refractivity contribution is 7.91. The number of benzene rings is 2. The first-order valence-corrected chi connectivity index (χ1v) is 13.7. The van der Waals surface area contributed by atoms with E-state index in [4.69, 9.17) is 9.40 Å². The van der Waals surface area contributed by atoms with E-state index >= 15 is 0 Å². The first kappa shape index (κ1) is 24.3. The zero-order chi connectivity index (χ0) is 24.0. The fourth-order valence-electron chi connectivity index (χ4n) is 4.74. The Kier molecular flexibility index (Phi) is 7.88. The van der Waals surface area contributed by atoms with Crippen LogP contribution in [-0.2, 0) is 9.84 Å². The number of hydrogen-bond donors (Lipinski definition) is 1. The number of oxazole rings is 1. The molecule has 7 nitrogen and oxygen atoms in total. The van der Waals surface area contributed by atoms with Gasteiger partial charge in [-0.05, 0) is 55.9 Å². The van der Waals surface area contributed by atoms with E-state index in [9.17, 15) is 18.3 Å². The van der Waals surface area contributed by atoms with Crippen LogP contribution in [0.2, 0.25) is 0 Å². The van der Waals surface area contributed by atoms with Crippen LogP contribution >= 0.6 is 0 Å². The quantitative estimate of drug-likeness (QED) is 0.356. The van der Waals surface area contributed by atoms with Gasteiger partial charge in [-0.15, -0.1) is 0 Å². The van der Waals surface area contributed by atoms with E-state index in [1.165, 1.54) is 50.3 Å². The van der Waals surface area contributed by atoms with Gasteiger partial charge in [0.1, 0.15) is 5.52 Å². The lowest BCUT2D eigenvalue weighted by Crippen LogP contribution is -2.31. The molecule has 2 aromatic carbocycles. The Morgan fingerprint density at radius 1 is 1.00 bits per heavy atom. The summed E-state index contributed by atoms with van der Waals surface area (Å²) in [5, 5.41) is 9.31. The number of rotatable bonds is 11. The van der Waals surface area contributed by atoms with Crippen molar-refractivity contribution in [1.29, 1.82) is 0 Å². The molecule has 0 aliphatic heterocycles. The van der Waals surface area contributed by atoms with Crippen LogP contribution in [0.4, 0.5) is 6.01 Å². The Morgan fingerprint density at radius 3 is 2.50 bits per heavy atom. The van der Waals surface area contributed by atoms with E-state index in [-0.39, 0.29) is 16.2 Å². The van der Waals surface area contributed by atoms with Gasteiger partial charge in [0.05, 0.1) is 16.2 Å². The number of hydrogen-bond acceptors (Lipinski definition) is 6. The normalized spacial score (nSPS) is 14.9. The van der Waals surface area contributed by atoms with Gasteiger partial charge in [-0.2, -0.15) is 4.98 Å². The number of fused-ring (bicyclic) bond motifs is 1. The molecule has 1 aliphatic carbocycles. The van der Waals surface area contributed by atoms with E-state index < -0.39 is 15.8 Å². The summed E-state index contributed by atoms with van der Waals surface area (Å²) < 4.78 is 31.5. The maximum Gasteiger partial charge on any atom is 0.337 e. The van der Waals surface area contributed by atoms with Gasteiger partial charge in [-0.25, -0.2) is 13.2 Å². The Balaban J connectivity index is 1.36. The summed E-state index contributed by atoms with van der Waals surface area (Å²) in [7, 11) is -3.65. The second-order valence-electron chi connectivity index (χ2n) is 9.10. The molecule has 182 valence electrons. The molecule has 4 rings (SSSR count). The molecule has 8 heteroatoms. The minimum Gasteiger partial charge on any atom is -0.478 e. The van der Waals surface area contributed by atoms with Crippen molar-refractivity contribution in [2.24, 2.45) is 5.92 Å². The molecule has 0 radical (unpaired) electrons. The smallest absolute Gasteiger partial charge is 0.337 e. The average Bonchev–Trinajstić information content (AvgIpc) is 3.28. The minimum absolute atomic E-state index is 0.0667. The highest BCUT2D eigenvalue weighted by Gasteiger charge is 2.23. The zero-order valence-corrected chi connectivity index (χ0v) is 20.2. The second-order valence-corrected chi connectivity index (χ2v) is 11.2. The Labute approximate surface area is 200 Å². The summed E-state index contributed by atoms with van der Waals surface area (Å²) in [5.74, 6) is -0.671. The van der Waals surface area contributed by atoms with Crippen LogP contribution in [0.25, 0.3) is 11.1 Å². The molecule has 3 aromatic rings. The maximum atomic E-state index is 12.7. The highest BCUT2D eigenvalue weighted by atomic mass is 32.2. The number of unbranched alkanes of at least 4 members (excludes halogenated alkanes) is 2. The second kappa shape index (κ2) is 11.0. The van der Waals surface area contributed by atoms with Gasteiger partial charge in [0.15, 0.2) is 15.4 Å². The predicted molar refractivity (Wildman–Crippen MR) is 132 cm³/mol. The number of carbonyl (C=O) groups is 1. The molecular formula is C26H32N2O5S. The number of para-hydroxylation sites is 2. The number of nitrogens with zero attached hydrogens (tertiary/aromatic N) is 2. The summed E-state index contributed by atoms with van der Waals surface area (Å²) in [6.07, 6.45) is 8.27. The molecular weight excluding hydrogens is 452 g/mol. The molecule has 34 heavy (non-hydrogen) atoms. The first-order valence-electron chi connectivity index (χ1n) is 12.1. The molecule has 1 heterocycles. The van der Waals surface area contributed by atoms with Gasteiger partial charge in [-0.1, -0.05) is 49.9 Å². The molecule has 1 N–H and O–H groups in total. The number of carboxylic acids is 1. The van der Waals surface area contributed by atoms with E-state index in [2.05, 4.69) is 4.90 Å². The standard InChI is InChI=1S/C26H32N2O5S/c29-25(30)21-13-5-8-16-24(21)34(31,32)18-10-2-9-17-28(19-20-11-3-1-4-12-20)26-27-22-14-6-7-15-23(22)33-26/h5-8,13-16,20H,1-4,9-12,17-19H2,(H,29,30). The van der Waals surface area contributed by atoms with Crippen molar-refractivity contribution in [3.05, 3.63) is 54.1 Å². The molecule has 0 bridgehead atoms. The fourth-order valence-corrected chi connectivity index (χ4v) is 6.32. The monoisotopic (exact) mass is 484 g/mol. The van der Waals surface area contributed by atoms with E-state index in [1.807, 2.05) is 24.3 Å². The summed E-state index contributed by atoms with van der Waals surface area (Å²) in [6.45, 7) is 1.65. The summed E-state index contributed by atoms with van der Waals surface area (Å²) in [5.41, 5.74) is 1.45. The van der Waals surface area contributed by atoms with Crippen molar-refractivity contribution < 1.29 is 22.7 Å². The third-order valence-corrected chi connectivity index (χ3v) is 8.40. The van der Waals surface area contributed by atoms with Crippen LogP contribution in [0.3, 0.4) is 0 Å². The Bertz CT molecular complexity index is 1180. The third kappa shape index (κ3) is 5.97. The lowest BCUT2D eigenvalue weighted by atomic mass is 9.89. The maximum absolute atomic E-state index is 12.7. The number of aromatic carboxylic acids is 1. The van der Waals surface area contributed by atoms with Gasteiger partial charge in [-0.3, -0.25) is 0 Å². The zero-order valence-electron chi connectivity index (χ0n) is 19.4. The summed E-state index contributed by atoms with van der Waals surface area (Å²) in [4.78, 5) is 18.2. The largest absolute Gasteiger partial charge is 0.478 e. The van der Waals surface area contributed by atoms with Crippen LogP contribution in [0.5, 0.6) is 0 Å². The van der Waals surface area contributed by atoms with Gasteiger partial charge in [0.2, 0.25) is 0 Å². The van der Waals surface area contributed by atoms with Crippen LogP contribution in [0.15, 0.2) is 57.8 Å². The van der Waals surface area contributed by atoms with Gasteiger partial charge in [0, 0.05) is 13.1 Å².